The summed E-state index contributed by atoms with van der Waals surface area (Å²) >= 11 is 0. The third-order valence-electron chi connectivity index (χ3n) is 4.89. The van der Waals surface area contributed by atoms with Gasteiger partial charge in [-0.15, -0.1) is 0 Å². The van der Waals surface area contributed by atoms with Crippen LogP contribution in [0.25, 0.3) is 0 Å². The molecule has 1 aromatic carbocycles. The molecule has 4 amide bonds. The quantitative estimate of drug-likeness (QED) is 0.808. The van der Waals surface area contributed by atoms with Crippen molar-refractivity contribution in [3.8, 4) is 0 Å². The Hall–Kier alpha value is -2.70. The molecule has 3 aliphatic rings. The van der Waals surface area contributed by atoms with E-state index < -0.39 is 23.8 Å². The number of nitrogens with zero attached hydrogens (tertiary/aromatic N) is 2. The Labute approximate surface area is 138 Å². The molecule has 0 saturated carbocycles. The molecule has 4 rings (SSSR count). The lowest BCUT2D eigenvalue weighted by Crippen LogP contribution is -2.54. The zero-order chi connectivity index (χ0) is 16.8. The molecule has 0 bridgehead atoms. The first-order chi connectivity index (χ1) is 11.6. The summed E-state index contributed by atoms with van der Waals surface area (Å²) < 4.78 is 0. The molecule has 1 N–H and O–H groups in total. The van der Waals surface area contributed by atoms with Crippen LogP contribution in [0, 0.1) is 0 Å². The van der Waals surface area contributed by atoms with Gasteiger partial charge in [0.1, 0.15) is 6.04 Å². The van der Waals surface area contributed by atoms with Gasteiger partial charge in [0.2, 0.25) is 11.8 Å². The maximum atomic E-state index is 12.7. The maximum Gasteiger partial charge on any atom is 0.262 e. The van der Waals surface area contributed by atoms with Crippen LogP contribution in [0.5, 0.6) is 0 Å². The van der Waals surface area contributed by atoms with Crippen molar-refractivity contribution < 1.29 is 19.2 Å². The Morgan fingerprint density at radius 3 is 2.38 bits per heavy atom. The van der Waals surface area contributed by atoms with Crippen LogP contribution in [0.1, 0.15) is 46.4 Å². The van der Waals surface area contributed by atoms with E-state index in [4.69, 9.17) is 0 Å². The second-order valence-electron chi connectivity index (χ2n) is 6.37. The van der Waals surface area contributed by atoms with Gasteiger partial charge in [0.25, 0.3) is 11.8 Å². The highest BCUT2D eigenvalue weighted by atomic mass is 16.2. The highest BCUT2D eigenvalue weighted by Crippen LogP contribution is 2.31. The first kappa shape index (κ1) is 14.9. The summed E-state index contributed by atoms with van der Waals surface area (Å²) in [5, 5.41) is 2.20. The van der Waals surface area contributed by atoms with Gasteiger partial charge < -0.3 is 4.90 Å². The number of amides is 4. The van der Waals surface area contributed by atoms with Gasteiger partial charge in [0.05, 0.1) is 11.1 Å². The number of nitrogens with one attached hydrogen (secondary N) is 1. The van der Waals surface area contributed by atoms with Crippen molar-refractivity contribution in [3.05, 3.63) is 29.3 Å². The fourth-order valence-electron chi connectivity index (χ4n) is 3.63. The molecular weight excluding hydrogens is 310 g/mol. The predicted octanol–water partition coefficient (Wildman–Crippen LogP) is 0.688. The van der Waals surface area contributed by atoms with Crippen molar-refractivity contribution in [2.75, 3.05) is 18.0 Å². The molecule has 124 valence electrons. The third kappa shape index (κ3) is 2.19. The van der Waals surface area contributed by atoms with Crippen molar-refractivity contribution in [3.63, 3.8) is 0 Å². The van der Waals surface area contributed by atoms with Gasteiger partial charge in [-0.3, -0.25) is 29.4 Å². The van der Waals surface area contributed by atoms with Crippen LogP contribution < -0.4 is 10.2 Å². The number of anilines is 1. The summed E-state index contributed by atoms with van der Waals surface area (Å²) in [5.41, 5.74) is 1.60. The number of piperidine rings is 1. The molecule has 0 aliphatic carbocycles. The van der Waals surface area contributed by atoms with E-state index in [1.54, 1.807) is 12.1 Å². The average Bonchev–Trinajstić information content (AvgIpc) is 3.17. The summed E-state index contributed by atoms with van der Waals surface area (Å²) in [4.78, 5) is 51.8. The predicted molar refractivity (Wildman–Crippen MR) is 84.6 cm³/mol. The lowest BCUT2D eigenvalue weighted by atomic mass is 10.0. The van der Waals surface area contributed by atoms with Gasteiger partial charge in [-0.1, -0.05) is 0 Å². The Balaban J connectivity index is 1.65. The van der Waals surface area contributed by atoms with E-state index in [0.717, 1.165) is 36.5 Å². The number of imide groups is 2. The third-order valence-corrected chi connectivity index (χ3v) is 4.89. The smallest absolute Gasteiger partial charge is 0.262 e. The molecule has 0 unspecified atom stereocenters. The van der Waals surface area contributed by atoms with Gasteiger partial charge in [-0.2, -0.15) is 0 Å². The summed E-state index contributed by atoms with van der Waals surface area (Å²) in [6.07, 6.45) is 2.54. The molecule has 24 heavy (non-hydrogen) atoms. The molecule has 0 radical (unpaired) electrons. The van der Waals surface area contributed by atoms with Crippen LogP contribution in [0.3, 0.4) is 0 Å². The number of carbonyl (C=O) groups is 4. The zero-order valence-electron chi connectivity index (χ0n) is 13.1. The fourth-order valence-corrected chi connectivity index (χ4v) is 3.63. The van der Waals surface area contributed by atoms with Gasteiger partial charge in [-0.25, -0.2) is 0 Å². The summed E-state index contributed by atoms with van der Waals surface area (Å²) in [5.74, 6) is -1.87. The zero-order valence-corrected chi connectivity index (χ0v) is 13.1. The highest BCUT2D eigenvalue weighted by Gasteiger charge is 2.44. The van der Waals surface area contributed by atoms with Gasteiger partial charge in [-0.05, 0) is 37.5 Å². The van der Waals surface area contributed by atoms with E-state index in [-0.39, 0.29) is 18.7 Å². The van der Waals surface area contributed by atoms with E-state index >= 15 is 0 Å². The number of carbonyl (C=O) groups excluding carboxylic acids is 4. The normalized spacial score (nSPS) is 23.8. The molecule has 0 aromatic heterocycles. The molecule has 3 aliphatic heterocycles. The van der Waals surface area contributed by atoms with Crippen molar-refractivity contribution >= 4 is 29.3 Å². The van der Waals surface area contributed by atoms with E-state index in [0.29, 0.717) is 11.1 Å². The number of benzene rings is 1. The minimum Gasteiger partial charge on any atom is -0.372 e. The lowest BCUT2D eigenvalue weighted by molar-refractivity contribution is -0.136. The molecule has 3 heterocycles. The topological polar surface area (TPSA) is 86.8 Å². The van der Waals surface area contributed by atoms with Crippen molar-refractivity contribution in [2.24, 2.45) is 0 Å². The Kier molecular flexibility index (Phi) is 3.37. The van der Waals surface area contributed by atoms with Crippen LogP contribution in [0.2, 0.25) is 0 Å². The Morgan fingerprint density at radius 2 is 1.67 bits per heavy atom. The molecule has 2 fully saturated rings. The van der Waals surface area contributed by atoms with Crippen LogP contribution >= 0.6 is 0 Å². The summed E-state index contributed by atoms with van der Waals surface area (Å²) in [7, 11) is 0. The van der Waals surface area contributed by atoms with Crippen LogP contribution in [0.15, 0.2) is 18.2 Å². The number of fused-ring (bicyclic) bond motifs is 1. The number of rotatable bonds is 2. The summed E-state index contributed by atoms with van der Waals surface area (Å²) in [6.45, 7) is 1.88. The molecular formula is C17H17N3O4. The average molecular weight is 327 g/mol. The van der Waals surface area contributed by atoms with Crippen molar-refractivity contribution in [1.29, 1.82) is 0 Å². The van der Waals surface area contributed by atoms with E-state index in [9.17, 15) is 19.2 Å². The van der Waals surface area contributed by atoms with Crippen LogP contribution in [-0.2, 0) is 9.59 Å². The maximum absolute atomic E-state index is 12.7. The van der Waals surface area contributed by atoms with Gasteiger partial charge in [0.15, 0.2) is 0 Å². The van der Waals surface area contributed by atoms with Gasteiger partial charge in [0, 0.05) is 25.2 Å². The number of hydrogen-bond donors (Lipinski definition) is 1. The number of hydrogen-bond acceptors (Lipinski definition) is 5. The second kappa shape index (κ2) is 5.43. The van der Waals surface area contributed by atoms with Crippen LogP contribution in [-0.4, -0.2) is 47.7 Å². The summed E-state index contributed by atoms with van der Waals surface area (Å²) in [6, 6.07) is 4.34. The molecule has 2 saturated heterocycles. The molecule has 7 heteroatoms. The standard InChI is InChI=1S/C17H17N3O4/c21-14-6-5-13(15(22)18-14)20-16(23)11-4-3-10(9-12(11)17(20)24)19-7-1-2-8-19/h3-4,9,13H,1-2,5-8H2,(H,18,21,22)/t13-/m0/s1. The largest absolute Gasteiger partial charge is 0.372 e. The highest BCUT2D eigenvalue weighted by molar-refractivity contribution is 6.23. The minimum absolute atomic E-state index is 0.128. The fraction of sp³-hybridized carbons (Fsp3) is 0.412. The Bertz CT molecular complexity index is 767. The van der Waals surface area contributed by atoms with E-state index in [1.807, 2.05) is 6.07 Å². The van der Waals surface area contributed by atoms with Crippen molar-refractivity contribution in [2.45, 2.75) is 31.7 Å². The monoisotopic (exact) mass is 327 g/mol. The minimum atomic E-state index is -0.912. The molecule has 0 spiro atoms. The molecule has 1 aromatic rings. The van der Waals surface area contributed by atoms with Crippen LogP contribution in [0.4, 0.5) is 5.69 Å². The van der Waals surface area contributed by atoms with Crippen molar-refractivity contribution in [1.82, 2.24) is 10.2 Å². The Morgan fingerprint density at radius 1 is 0.958 bits per heavy atom. The lowest BCUT2D eigenvalue weighted by Gasteiger charge is -2.27. The van der Waals surface area contributed by atoms with E-state index in [1.165, 1.54) is 0 Å². The molecule has 1 atom stereocenters. The first-order valence-electron chi connectivity index (χ1n) is 8.17. The van der Waals surface area contributed by atoms with Gasteiger partial charge >= 0.3 is 0 Å². The van der Waals surface area contributed by atoms with E-state index in [2.05, 4.69) is 10.2 Å². The SMILES string of the molecule is O=C1CC[C@H](N2C(=O)c3ccc(N4CCCC4)cc3C2=O)C(=O)N1. The first-order valence-corrected chi connectivity index (χ1v) is 8.17. The molecule has 7 nitrogen and oxygen atoms in total. The second-order valence-corrected chi connectivity index (χ2v) is 6.37.